The van der Waals surface area contributed by atoms with Crippen LogP contribution in [0.4, 0.5) is 4.79 Å². The molecule has 0 aromatic heterocycles. The zero-order valence-electron chi connectivity index (χ0n) is 14.2. The molecule has 1 unspecified atom stereocenters. The molecule has 1 atom stereocenters. The number of esters is 1. The molecular weight excluding hydrogens is 332 g/mol. The van der Waals surface area contributed by atoms with Gasteiger partial charge < -0.3 is 19.3 Å². The second-order valence-electron chi connectivity index (χ2n) is 5.32. The third-order valence-corrected chi connectivity index (χ3v) is 2.95. The van der Waals surface area contributed by atoms with Gasteiger partial charge in [0.05, 0.1) is 6.61 Å². The van der Waals surface area contributed by atoms with Crippen LogP contribution in [0.2, 0.25) is 0 Å². The van der Waals surface area contributed by atoms with Crippen molar-refractivity contribution >= 4 is 12.1 Å². The van der Waals surface area contributed by atoms with Crippen molar-refractivity contribution in [1.82, 2.24) is 0 Å². The molecule has 0 fully saturated rings. The van der Waals surface area contributed by atoms with Crippen molar-refractivity contribution in [1.29, 1.82) is 0 Å². The molecular formula is C17H22O8. The van der Waals surface area contributed by atoms with Crippen LogP contribution in [0.1, 0.15) is 19.4 Å². The minimum atomic E-state index is -1.40. The molecule has 8 heteroatoms. The Labute approximate surface area is 145 Å². The first-order valence-electron chi connectivity index (χ1n) is 7.51. The molecule has 0 spiro atoms. The normalized spacial score (nSPS) is 12.2. The van der Waals surface area contributed by atoms with Crippen molar-refractivity contribution in [2.45, 2.75) is 25.7 Å². The average molecular weight is 354 g/mol. The third kappa shape index (κ3) is 8.30. The van der Waals surface area contributed by atoms with Crippen LogP contribution in [0.5, 0.6) is 0 Å². The molecule has 138 valence electrons. The minimum absolute atomic E-state index is 0.0279. The molecule has 1 rings (SSSR count). The van der Waals surface area contributed by atoms with Gasteiger partial charge in [-0.1, -0.05) is 36.9 Å². The van der Waals surface area contributed by atoms with Gasteiger partial charge in [-0.3, -0.25) is 0 Å². The summed E-state index contributed by atoms with van der Waals surface area (Å²) in [6, 6.07) is 9.34. The van der Waals surface area contributed by atoms with Crippen LogP contribution in [0.3, 0.4) is 0 Å². The summed E-state index contributed by atoms with van der Waals surface area (Å²) in [5.41, 5.74) is 0.0616. The molecule has 0 amide bonds. The second kappa shape index (κ2) is 10.4. The molecule has 0 saturated heterocycles. The van der Waals surface area contributed by atoms with E-state index in [4.69, 9.17) is 24.4 Å². The van der Waals surface area contributed by atoms with Gasteiger partial charge in [-0.15, -0.1) is 0 Å². The van der Waals surface area contributed by atoms with Crippen LogP contribution in [-0.4, -0.2) is 43.3 Å². The van der Waals surface area contributed by atoms with Gasteiger partial charge in [0.25, 0.3) is 6.29 Å². The van der Waals surface area contributed by atoms with Gasteiger partial charge >= 0.3 is 12.1 Å². The third-order valence-electron chi connectivity index (χ3n) is 2.95. The van der Waals surface area contributed by atoms with E-state index >= 15 is 0 Å². The van der Waals surface area contributed by atoms with Gasteiger partial charge in [-0.2, -0.15) is 4.89 Å². The summed E-state index contributed by atoms with van der Waals surface area (Å²) in [6.45, 7) is 6.52. The summed E-state index contributed by atoms with van der Waals surface area (Å²) in [7, 11) is 0. The van der Waals surface area contributed by atoms with E-state index < -0.39 is 24.0 Å². The Morgan fingerprint density at radius 3 is 2.52 bits per heavy atom. The molecule has 0 bridgehead atoms. The highest BCUT2D eigenvalue weighted by Gasteiger charge is 2.26. The maximum atomic E-state index is 11.4. The Balaban J connectivity index is 2.53. The largest absolute Gasteiger partial charge is 0.505 e. The van der Waals surface area contributed by atoms with E-state index in [2.05, 4.69) is 11.3 Å². The molecule has 0 radical (unpaired) electrons. The Bertz CT molecular complexity index is 555. The maximum absolute atomic E-state index is 11.4. The van der Waals surface area contributed by atoms with Gasteiger partial charge in [0.15, 0.2) is 0 Å². The number of carbonyl (C=O) groups excluding carboxylic acids is 1. The molecule has 25 heavy (non-hydrogen) atoms. The lowest BCUT2D eigenvalue weighted by Crippen LogP contribution is -2.31. The van der Waals surface area contributed by atoms with Gasteiger partial charge in [0.2, 0.25) is 0 Å². The SMILES string of the molecule is C=CC(=O)OC(COCCOC(=O)O)OOC(C)(C)c1ccccc1. The summed E-state index contributed by atoms with van der Waals surface area (Å²) in [6.07, 6.45) is -1.58. The lowest BCUT2D eigenvalue weighted by atomic mass is 9.99. The quantitative estimate of drug-likeness (QED) is 0.162. The van der Waals surface area contributed by atoms with E-state index in [0.29, 0.717) is 0 Å². The Kier molecular flexibility index (Phi) is 8.62. The number of rotatable bonds is 11. The van der Waals surface area contributed by atoms with Crippen LogP contribution in [0, 0.1) is 0 Å². The van der Waals surface area contributed by atoms with E-state index in [-0.39, 0.29) is 19.8 Å². The van der Waals surface area contributed by atoms with Crippen LogP contribution in [0.15, 0.2) is 43.0 Å². The number of hydrogen-bond acceptors (Lipinski definition) is 7. The van der Waals surface area contributed by atoms with E-state index in [0.717, 1.165) is 11.6 Å². The molecule has 8 nitrogen and oxygen atoms in total. The zero-order valence-corrected chi connectivity index (χ0v) is 14.2. The Morgan fingerprint density at radius 2 is 1.92 bits per heavy atom. The fraction of sp³-hybridized carbons (Fsp3) is 0.412. The molecule has 1 aromatic carbocycles. The number of benzene rings is 1. The van der Waals surface area contributed by atoms with Crippen LogP contribution < -0.4 is 0 Å². The van der Waals surface area contributed by atoms with E-state index in [1.54, 1.807) is 13.8 Å². The predicted octanol–water partition coefficient (Wildman–Crippen LogP) is 2.64. The second-order valence-corrected chi connectivity index (χ2v) is 5.32. The van der Waals surface area contributed by atoms with E-state index in [1.165, 1.54) is 0 Å². The van der Waals surface area contributed by atoms with Gasteiger partial charge in [0.1, 0.15) is 18.8 Å². The molecule has 0 aliphatic heterocycles. The summed E-state index contributed by atoms with van der Waals surface area (Å²) in [5, 5.41) is 8.35. The maximum Gasteiger partial charge on any atom is 0.505 e. The fourth-order valence-electron chi connectivity index (χ4n) is 1.69. The smallest absolute Gasteiger partial charge is 0.450 e. The number of ether oxygens (including phenoxy) is 3. The topological polar surface area (TPSA) is 101 Å². The first kappa shape index (κ1) is 20.6. The average Bonchev–Trinajstić information content (AvgIpc) is 2.59. The summed E-state index contributed by atoms with van der Waals surface area (Å²) < 4.78 is 14.4. The highest BCUT2D eigenvalue weighted by Crippen LogP contribution is 2.25. The lowest BCUT2D eigenvalue weighted by molar-refractivity contribution is -0.421. The Morgan fingerprint density at radius 1 is 1.24 bits per heavy atom. The van der Waals surface area contributed by atoms with Crippen LogP contribution in [-0.2, 0) is 34.4 Å². The highest BCUT2D eigenvalue weighted by molar-refractivity contribution is 5.81. The minimum Gasteiger partial charge on any atom is -0.450 e. The highest BCUT2D eigenvalue weighted by atomic mass is 17.2. The summed E-state index contributed by atoms with van der Waals surface area (Å²) in [4.78, 5) is 32.2. The molecule has 0 aliphatic carbocycles. The van der Waals surface area contributed by atoms with E-state index in [9.17, 15) is 9.59 Å². The fourth-order valence-corrected chi connectivity index (χ4v) is 1.69. The van der Waals surface area contributed by atoms with Crippen molar-refractivity contribution < 1.29 is 38.7 Å². The van der Waals surface area contributed by atoms with Gasteiger partial charge in [-0.05, 0) is 19.4 Å². The van der Waals surface area contributed by atoms with Crippen molar-refractivity contribution in [3.05, 3.63) is 48.6 Å². The van der Waals surface area contributed by atoms with Crippen molar-refractivity contribution in [3.8, 4) is 0 Å². The number of carboxylic acid groups (broad SMARTS) is 1. The summed E-state index contributed by atoms with van der Waals surface area (Å²) in [5.74, 6) is -0.712. The molecule has 1 N–H and O–H groups in total. The Hall–Kier alpha value is -2.42. The standard InChI is InChI=1S/C17H22O8/c1-4-14(18)23-15(12-21-10-11-22-16(19)20)24-25-17(2,3)13-8-6-5-7-9-13/h4-9,15H,1,10-12H2,2-3H3,(H,19,20). The molecule has 0 aliphatic rings. The molecule has 0 saturated carbocycles. The van der Waals surface area contributed by atoms with Crippen LogP contribution >= 0.6 is 0 Å². The predicted molar refractivity (Wildman–Crippen MR) is 86.5 cm³/mol. The number of hydrogen-bond donors (Lipinski definition) is 1. The zero-order chi connectivity index (χ0) is 18.7. The van der Waals surface area contributed by atoms with Crippen molar-refractivity contribution in [2.24, 2.45) is 0 Å². The summed E-state index contributed by atoms with van der Waals surface area (Å²) >= 11 is 0. The molecule has 0 heterocycles. The van der Waals surface area contributed by atoms with Crippen molar-refractivity contribution in [3.63, 3.8) is 0 Å². The first-order chi connectivity index (χ1) is 11.8. The van der Waals surface area contributed by atoms with Gasteiger partial charge in [-0.25, -0.2) is 14.5 Å². The first-order valence-corrected chi connectivity index (χ1v) is 7.51. The van der Waals surface area contributed by atoms with Gasteiger partial charge in [0, 0.05) is 6.08 Å². The van der Waals surface area contributed by atoms with Crippen LogP contribution in [0.25, 0.3) is 0 Å². The monoisotopic (exact) mass is 354 g/mol. The lowest BCUT2D eigenvalue weighted by Gasteiger charge is -2.26. The number of carbonyl (C=O) groups is 2. The molecule has 1 aromatic rings. The van der Waals surface area contributed by atoms with E-state index in [1.807, 2.05) is 30.3 Å². The van der Waals surface area contributed by atoms with Crippen molar-refractivity contribution in [2.75, 3.05) is 19.8 Å².